The molecule has 0 spiro atoms. The van der Waals surface area contributed by atoms with Crippen LogP contribution in [0.3, 0.4) is 0 Å². The second kappa shape index (κ2) is 6.98. The van der Waals surface area contributed by atoms with Gasteiger partial charge in [-0.1, -0.05) is 12.1 Å². The summed E-state index contributed by atoms with van der Waals surface area (Å²) in [5.74, 6) is 1.08. The summed E-state index contributed by atoms with van der Waals surface area (Å²) in [6.45, 7) is 4.55. The molecule has 2 rings (SSSR count). The van der Waals surface area contributed by atoms with Crippen LogP contribution in [0.4, 0.5) is 5.69 Å². The average Bonchev–Trinajstić information content (AvgIpc) is 2.54. The third-order valence-corrected chi connectivity index (χ3v) is 3.51. The first-order valence-corrected chi connectivity index (χ1v) is 7.21. The smallest absolute Gasteiger partial charge is 0.262 e. The first-order chi connectivity index (χ1) is 10.6. The number of benzene rings is 2. The summed E-state index contributed by atoms with van der Waals surface area (Å²) in [5, 5.41) is 0. The van der Waals surface area contributed by atoms with Gasteiger partial charge in [-0.15, -0.1) is 0 Å². The summed E-state index contributed by atoms with van der Waals surface area (Å²) >= 11 is 0. The van der Waals surface area contributed by atoms with Crippen molar-refractivity contribution in [2.45, 2.75) is 13.8 Å². The van der Waals surface area contributed by atoms with Gasteiger partial charge in [-0.2, -0.15) is 0 Å². The fraction of sp³-hybridized carbons (Fsp3) is 0.278. The van der Waals surface area contributed by atoms with Crippen LogP contribution < -0.4 is 14.4 Å². The Hall–Kier alpha value is -2.49. The zero-order valence-corrected chi connectivity index (χ0v) is 13.4. The van der Waals surface area contributed by atoms with Crippen LogP contribution in [0.25, 0.3) is 0 Å². The molecule has 0 atom stereocenters. The lowest BCUT2D eigenvalue weighted by molar-refractivity contribution is 0.0985. The van der Waals surface area contributed by atoms with Gasteiger partial charge in [-0.05, 0) is 43.7 Å². The van der Waals surface area contributed by atoms with Crippen LogP contribution >= 0.6 is 0 Å². The minimum absolute atomic E-state index is 0.0902. The Morgan fingerprint density at radius 2 is 1.86 bits per heavy atom. The highest BCUT2D eigenvalue weighted by Gasteiger charge is 2.20. The molecule has 0 aliphatic carbocycles. The van der Waals surface area contributed by atoms with E-state index in [9.17, 15) is 4.79 Å². The van der Waals surface area contributed by atoms with Gasteiger partial charge < -0.3 is 14.4 Å². The van der Waals surface area contributed by atoms with Gasteiger partial charge in [0.25, 0.3) is 5.91 Å². The molecular weight excluding hydrogens is 278 g/mol. The number of hydrogen-bond acceptors (Lipinski definition) is 3. The second-order valence-corrected chi connectivity index (χ2v) is 4.95. The molecule has 0 aliphatic rings. The topological polar surface area (TPSA) is 38.8 Å². The van der Waals surface area contributed by atoms with Gasteiger partial charge in [0.2, 0.25) is 0 Å². The van der Waals surface area contributed by atoms with Crippen molar-refractivity contribution in [3.63, 3.8) is 0 Å². The van der Waals surface area contributed by atoms with Crippen LogP contribution in [0.2, 0.25) is 0 Å². The van der Waals surface area contributed by atoms with Gasteiger partial charge in [-0.3, -0.25) is 4.79 Å². The van der Waals surface area contributed by atoms with E-state index in [4.69, 9.17) is 9.47 Å². The van der Waals surface area contributed by atoms with Crippen LogP contribution in [0, 0.1) is 6.92 Å². The Labute approximate surface area is 131 Å². The molecule has 0 radical (unpaired) electrons. The molecular formula is C18H21NO3. The minimum atomic E-state index is -0.0902. The summed E-state index contributed by atoms with van der Waals surface area (Å²) in [4.78, 5) is 14.6. The van der Waals surface area contributed by atoms with Crippen molar-refractivity contribution >= 4 is 11.6 Å². The second-order valence-electron chi connectivity index (χ2n) is 4.95. The maximum absolute atomic E-state index is 12.9. The average molecular weight is 299 g/mol. The Bertz CT molecular complexity index is 667. The normalized spacial score (nSPS) is 10.2. The van der Waals surface area contributed by atoms with Gasteiger partial charge in [0.1, 0.15) is 11.5 Å². The summed E-state index contributed by atoms with van der Waals surface area (Å²) < 4.78 is 10.5. The first-order valence-electron chi connectivity index (χ1n) is 7.21. The lowest BCUT2D eigenvalue weighted by Crippen LogP contribution is -2.31. The molecule has 0 aromatic heterocycles. The lowest BCUT2D eigenvalue weighted by Gasteiger charge is -2.22. The predicted molar refractivity (Wildman–Crippen MR) is 88.1 cm³/mol. The molecule has 116 valence electrons. The van der Waals surface area contributed by atoms with Gasteiger partial charge in [-0.25, -0.2) is 0 Å². The van der Waals surface area contributed by atoms with Crippen LogP contribution in [-0.4, -0.2) is 26.7 Å². The molecule has 0 bridgehead atoms. The van der Waals surface area contributed by atoms with Gasteiger partial charge in [0, 0.05) is 18.3 Å². The van der Waals surface area contributed by atoms with E-state index < -0.39 is 0 Å². The molecule has 4 heteroatoms. The summed E-state index contributed by atoms with van der Waals surface area (Å²) in [7, 11) is 3.13. The van der Waals surface area contributed by atoms with Crippen molar-refractivity contribution < 1.29 is 14.3 Å². The van der Waals surface area contributed by atoms with Crippen LogP contribution in [-0.2, 0) is 0 Å². The number of aryl methyl sites for hydroxylation is 1. The molecule has 0 N–H and O–H groups in total. The molecule has 22 heavy (non-hydrogen) atoms. The third-order valence-electron chi connectivity index (χ3n) is 3.51. The van der Waals surface area contributed by atoms with E-state index in [-0.39, 0.29) is 5.91 Å². The number of methoxy groups -OCH3 is 2. The molecule has 0 saturated heterocycles. The van der Waals surface area contributed by atoms with Crippen molar-refractivity contribution in [1.29, 1.82) is 0 Å². The van der Waals surface area contributed by atoms with Crippen LogP contribution in [0.5, 0.6) is 11.5 Å². The van der Waals surface area contributed by atoms with Crippen molar-refractivity contribution in [2.24, 2.45) is 0 Å². The molecule has 2 aromatic carbocycles. The van der Waals surface area contributed by atoms with Gasteiger partial charge in [0.05, 0.1) is 19.8 Å². The van der Waals surface area contributed by atoms with Gasteiger partial charge in [0.15, 0.2) is 0 Å². The molecule has 1 amide bonds. The van der Waals surface area contributed by atoms with E-state index in [1.807, 2.05) is 38.1 Å². The number of hydrogen-bond donors (Lipinski definition) is 0. The highest BCUT2D eigenvalue weighted by atomic mass is 16.5. The minimum Gasteiger partial charge on any atom is -0.497 e. The monoisotopic (exact) mass is 299 g/mol. The van der Waals surface area contributed by atoms with Crippen LogP contribution in [0.15, 0.2) is 42.5 Å². The first kappa shape index (κ1) is 15.9. The van der Waals surface area contributed by atoms with Gasteiger partial charge >= 0.3 is 0 Å². The molecule has 0 unspecified atom stereocenters. The molecule has 0 aliphatic heterocycles. The van der Waals surface area contributed by atoms with Crippen molar-refractivity contribution in [2.75, 3.05) is 25.7 Å². The van der Waals surface area contributed by atoms with E-state index >= 15 is 0 Å². The van der Waals surface area contributed by atoms with Crippen molar-refractivity contribution in [1.82, 2.24) is 0 Å². The van der Waals surface area contributed by atoms with E-state index in [2.05, 4.69) is 0 Å². The Kier molecular flexibility index (Phi) is 5.04. The lowest BCUT2D eigenvalue weighted by atomic mass is 10.1. The highest BCUT2D eigenvalue weighted by Crippen LogP contribution is 2.27. The Morgan fingerprint density at radius 3 is 2.45 bits per heavy atom. The fourth-order valence-corrected chi connectivity index (χ4v) is 2.36. The number of carbonyl (C=O) groups is 1. The summed E-state index contributed by atoms with van der Waals surface area (Å²) in [5.41, 5.74) is 2.52. The maximum Gasteiger partial charge on any atom is 0.262 e. The third kappa shape index (κ3) is 3.22. The maximum atomic E-state index is 12.9. The predicted octanol–water partition coefficient (Wildman–Crippen LogP) is 3.68. The van der Waals surface area contributed by atoms with Crippen molar-refractivity contribution in [3.05, 3.63) is 53.6 Å². The zero-order valence-electron chi connectivity index (χ0n) is 13.4. The molecule has 2 aromatic rings. The standard InChI is InChI=1S/C18H21NO3/c1-5-19(14-8-6-7-13(2)11-14)18(20)16-10-9-15(21-3)12-17(16)22-4/h6-12H,5H2,1-4H3. The summed E-state index contributed by atoms with van der Waals surface area (Å²) in [6.07, 6.45) is 0. The molecule has 0 fully saturated rings. The number of rotatable bonds is 5. The number of nitrogens with zero attached hydrogens (tertiary/aromatic N) is 1. The number of carbonyl (C=O) groups excluding carboxylic acids is 1. The SMILES string of the molecule is CCN(C(=O)c1ccc(OC)cc1OC)c1cccc(C)c1. The molecule has 4 nitrogen and oxygen atoms in total. The quantitative estimate of drug-likeness (QED) is 0.845. The highest BCUT2D eigenvalue weighted by molar-refractivity contribution is 6.08. The number of amides is 1. The number of anilines is 1. The van der Waals surface area contributed by atoms with E-state index in [0.29, 0.717) is 23.6 Å². The van der Waals surface area contributed by atoms with E-state index in [1.54, 1.807) is 37.3 Å². The van der Waals surface area contributed by atoms with E-state index in [0.717, 1.165) is 11.3 Å². The molecule has 0 saturated carbocycles. The summed E-state index contributed by atoms with van der Waals surface area (Å²) in [6, 6.07) is 13.1. The Morgan fingerprint density at radius 1 is 1.09 bits per heavy atom. The fourth-order valence-electron chi connectivity index (χ4n) is 2.36. The van der Waals surface area contributed by atoms with Crippen molar-refractivity contribution in [3.8, 4) is 11.5 Å². The molecule has 0 heterocycles. The Balaban J connectivity index is 2.40. The largest absolute Gasteiger partial charge is 0.497 e. The van der Waals surface area contributed by atoms with E-state index in [1.165, 1.54) is 0 Å². The van der Waals surface area contributed by atoms with Crippen LogP contribution in [0.1, 0.15) is 22.8 Å². The number of ether oxygens (including phenoxy) is 2. The zero-order chi connectivity index (χ0) is 16.1.